The molecule has 1 N–H and O–H groups in total. The largest absolute Gasteiger partial charge is 0.465 e. The molecule has 0 saturated carbocycles. The van der Waals surface area contributed by atoms with Crippen LogP contribution in [0.2, 0.25) is 0 Å². The Labute approximate surface area is 136 Å². The number of nitrogens with one attached hydrogen (secondary N) is 1. The van der Waals surface area contributed by atoms with Gasteiger partial charge in [0.2, 0.25) is 10.0 Å². The number of ether oxygens (including phenoxy) is 1. The molecule has 0 aliphatic heterocycles. The number of hydrogen-bond donors (Lipinski definition) is 1. The van der Waals surface area contributed by atoms with Crippen molar-refractivity contribution >= 4 is 16.0 Å². The average molecular weight is 333 g/mol. The second kappa shape index (κ2) is 8.45. The van der Waals surface area contributed by atoms with E-state index in [9.17, 15) is 13.2 Å². The van der Waals surface area contributed by atoms with Gasteiger partial charge in [0.25, 0.3) is 0 Å². The van der Waals surface area contributed by atoms with Crippen molar-refractivity contribution in [1.82, 2.24) is 4.72 Å². The van der Waals surface area contributed by atoms with Gasteiger partial charge in [-0.2, -0.15) is 0 Å². The van der Waals surface area contributed by atoms with Gasteiger partial charge in [-0.15, -0.1) is 0 Å². The molecule has 0 radical (unpaired) electrons. The molecule has 122 valence electrons. The molecule has 2 aromatic carbocycles. The maximum Gasteiger partial charge on any atom is 0.307 e. The minimum absolute atomic E-state index is 0.000846. The van der Waals surface area contributed by atoms with Gasteiger partial charge < -0.3 is 4.74 Å². The van der Waals surface area contributed by atoms with Gasteiger partial charge in [0.05, 0.1) is 17.9 Å². The molecule has 0 aliphatic carbocycles. The van der Waals surface area contributed by atoms with Gasteiger partial charge in [-0.1, -0.05) is 48.5 Å². The minimum atomic E-state index is -3.58. The number of benzene rings is 2. The Morgan fingerprint density at radius 2 is 1.57 bits per heavy atom. The molecule has 0 amide bonds. The number of carbonyl (C=O) groups is 1. The van der Waals surface area contributed by atoms with Crippen molar-refractivity contribution in [1.29, 1.82) is 0 Å². The first-order valence-corrected chi connectivity index (χ1v) is 8.80. The van der Waals surface area contributed by atoms with Gasteiger partial charge in [0, 0.05) is 13.0 Å². The predicted molar refractivity (Wildman–Crippen MR) is 87.4 cm³/mol. The van der Waals surface area contributed by atoms with E-state index in [0.29, 0.717) is 6.42 Å². The number of carbonyl (C=O) groups excluding carboxylic acids is 1. The normalized spacial score (nSPS) is 11.1. The monoisotopic (exact) mass is 333 g/mol. The van der Waals surface area contributed by atoms with Gasteiger partial charge in [-0.05, 0) is 17.7 Å². The summed E-state index contributed by atoms with van der Waals surface area (Å²) >= 11 is 0. The lowest BCUT2D eigenvalue weighted by Gasteiger charge is -2.07. The molecule has 0 saturated heterocycles. The Balaban J connectivity index is 1.69. The van der Waals surface area contributed by atoms with Crippen molar-refractivity contribution in [2.75, 3.05) is 13.2 Å². The fourth-order valence-electron chi connectivity index (χ4n) is 1.97. The second-order valence-corrected chi connectivity index (χ2v) is 6.68. The summed E-state index contributed by atoms with van der Waals surface area (Å²) in [5, 5.41) is 0. The first-order chi connectivity index (χ1) is 11.1. The zero-order valence-electron chi connectivity index (χ0n) is 12.6. The molecule has 23 heavy (non-hydrogen) atoms. The van der Waals surface area contributed by atoms with Crippen LogP contribution in [-0.4, -0.2) is 27.5 Å². The van der Waals surface area contributed by atoms with Crippen LogP contribution in [0.5, 0.6) is 0 Å². The van der Waals surface area contributed by atoms with E-state index in [-0.39, 0.29) is 24.5 Å². The van der Waals surface area contributed by atoms with E-state index in [4.69, 9.17) is 4.74 Å². The van der Waals surface area contributed by atoms with Gasteiger partial charge in [0.1, 0.15) is 0 Å². The van der Waals surface area contributed by atoms with E-state index in [1.807, 2.05) is 30.3 Å². The summed E-state index contributed by atoms with van der Waals surface area (Å²) in [7, 11) is -3.58. The summed E-state index contributed by atoms with van der Waals surface area (Å²) in [4.78, 5) is 11.8. The molecular formula is C17H19NO4S. The number of hydrogen-bond acceptors (Lipinski definition) is 4. The van der Waals surface area contributed by atoms with Crippen molar-refractivity contribution in [3.63, 3.8) is 0 Å². The highest BCUT2D eigenvalue weighted by molar-refractivity contribution is 7.89. The lowest BCUT2D eigenvalue weighted by atomic mass is 10.2. The maximum atomic E-state index is 11.9. The van der Waals surface area contributed by atoms with Crippen LogP contribution in [0.4, 0.5) is 0 Å². The molecule has 0 bridgehead atoms. The standard InChI is InChI=1S/C17H19NO4S/c19-17(22-14-12-15-7-3-1-4-8-15)11-13-18-23(20,21)16-9-5-2-6-10-16/h1-10,18H,11-14H2. The first kappa shape index (κ1) is 17.2. The van der Waals surface area contributed by atoms with Gasteiger partial charge in [-0.25, -0.2) is 13.1 Å². The molecule has 0 atom stereocenters. The first-order valence-electron chi connectivity index (χ1n) is 7.32. The third-order valence-electron chi connectivity index (χ3n) is 3.17. The Kier molecular flexibility index (Phi) is 6.31. The Bertz CT molecular complexity index is 715. The molecule has 6 heteroatoms. The van der Waals surface area contributed by atoms with E-state index in [2.05, 4.69) is 4.72 Å². The van der Waals surface area contributed by atoms with Crippen LogP contribution < -0.4 is 4.72 Å². The Morgan fingerprint density at radius 1 is 0.957 bits per heavy atom. The summed E-state index contributed by atoms with van der Waals surface area (Å²) < 4.78 is 31.4. The molecule has 0 spiro atoms. The average Bonchev–Trinajstić information content (AvgIpc) is 2.56. The summed E-state index contributed by atoms with van der Waals surface area (Å²) in [6, 6.07) is 17.7. The number of sulfonamides is 1. The summed E-state index contributed by atoms with van der Waals surface area (Å²) in [5.74, 6) is -0.420. The van der Waals surface area contributed by atoms with Crippen molar-refractivity contribution < 1.29 is 17.9 Å². The Morgan fingerprint density at radius 3 is 2.22 bits per heavy atom. The topological polar surface area (TPSA) is 72.5 Å². The van der Waals surface area contributed by atoms with Crippen molar-refractivity contribution in [3.05, 3.63) is 66.2 Å². The minimum Gasteiger partial charge on any atom is -0.465 e. The summed E-state index contributed by atoms with van der Waals surface area (Å²) in [6.45, 7) is 0.301. The van der Waals surface area contributed by atoms with Crippen LogP contribution >= 0.6 is 0 Å². The van der Waals surface area contributed by atoms with Crippen LogP contribution in [0, 0.1) is 0 Å². The van der Waals surface area contributed by atoms with Crippen LogP contribution in [0.25, 0.3) is 0 Å². The molecule has 5 nitrogen and oxygen atoms in total. The fraction of sp³-hybridized carbons (Fsp3) is 0.235. The van der Waals surface area contributed by atoms with E-state index >= 15 is 0 Å². The maximum absolute atomic E-state index is 11.9. The van der Waals surface area contributed by atoms with E-state index < -0.39 is 16.0 Å². The van der Waals surface area contributed by atoms with Crippen LogP contribution in [-0.2, 0) is 26.0 Å². The number of esters is 1. The highest BCUT2D eigenvalue weighted by atomic mass is 32.2. The quantitative estimate of drug-likeness (QED) is 0.751. The molecule has 0 fully saturated rings. The molecule has 0 aliphatic rings. The highest BCUT2D eigenvalue weighted by Gasteiger charge is 2.13. The summed E-state index contributed by atoms with van der Waals surface area (Å²) in [6.07, 6.45) is 0.642. The molecule has 2 rings (SSSR count). The van der Waals surface area contributed by atoms with Crippen LogP contribution in [0.3, 0.4) is 0 Å². The van der Waals surface area contributed by atoms with Gasteiger partial charge in [-0.3, -0.25) is 4.79 Å². The third kappa shape index (κ3) is 5.84. The molecule has 0 unspecified atom stereocenters. The van der Waals surface area contributed by atoms with Gasteiger partial charge >= 0.3 is 5.97 Å². The zero-order valence-corrected chi connectivity index (χ0v) is 13.5. The number of rotatable bonds is 8. The highest BCUT2D eigenvalue weighted by Crippen LogP contribution is 2.07. The predicted octanol–water partition coefficient (Wildman–Crippen LogP) is 2.14. The Hall–Kier alpha value is -2.18. The second-order valence-electron chi connectivity index (χ2n) is 4.92. The molecule has 0 heterocycles. The fourth-order valence-corrected chi connectivity index (χ4v) is 3.02. The van der Waals surface area contributed by atoms with Crippen molar-refractivity contribution in [2.24, 2.45) is 0 Å². The molecule has 0 aromatic heterocycles. The van der Waals surface area contributed by atoms with Crippen molar-refractivity contribution in [3.8, 4) is 0 Å². The lowest BCUT2D eigenvalue weighted by Crippen LogP contribution is -2.26. The zero-order chi connectivity index (χ0) is 16.5. The molecule has 2 aromatic rings. The van der Waals surface area contributed by atoms with E-state index in [1.54, 1.807) is 18.2 Å². The lowest BCUT2D eigenvalue weighted by molar-refractivity contribution is -0.143. The third-order valence-corrected chi connectivity index (χ3v) is 4.65. The smallest absolute Gasteiger partial charge is 0.307 e. The van der Waals surface area contributed by atoms with E-state index in [0.717, 1.165) is 5.56 Å². The van der Waals surface area contributed by atoms with Crippen LogP contribution in [0.1, 0.15) is 12.0 Å². The van der Waals surface area contributed by atoms with E-state index in [1.165, 1.54) is 12.1 Å². The van der Waals surface area contributed by atoms with Gasteiger partial charge in [0.15, 0.2) is 0 Å². The van der Waals surface area contributed by atoms with Crippen molar-refractivity contribution in [2.45, 2.75) is 17.7 Å². The SMILES string of the molecule is O=C(CCNS(=O)(=O)c1ccccc1)OCCc1ccccc1. The summed E-state index contributed by atoms with van der Waals surface area (Å²) in [5.41, 5.74) is 1.09. The molecular weight excluding hydrogens is 314 g/mol. The van der Waals surface area contributed by atoms with Crippen LogP contribution in [0.15, 0.2) is 65.6 Å².